The van der Waals surface area contributed by atoms with Gasteiger partial charge in [0.2, 0.25) is 0 Å². The minimum absolute atomic E-state index is 0. The highest BCUT2D eigenvalue weighted by atomic mass is 35.5. The Hall–Kier alpha value is -0.770. The molecule has 0 aliphatic carbocycles. The Morgan fingerprint density at radius 2 is 0.700 bits per heavy atom. The number of aliphatic carboxylic acids is 2. The summed E-state index contributed by atoms with van der Waals surface area (Å²) in [6, 6.07) is 0. The normalized spacial score (nSPS) is 10.0. The third-order valence-electron chi connectivity index (χ3n) is 3.28. The van der Waals surface area contributed by atoms with Crippen LogP contribution < -0.4 is 0 Å². The number of carboxylic acid groups (broad SMARTS) is 2. The third-order valence-corrected chi connectivity index (χ3v) is 3.28. The van der Waals surface area contributed by atoms with Gasteiger partial charge in [0, 0.05) is 12.8 Å². The van der Waals surface area contributed by atoms with Crippen LogP contribution in [0.25, 0.3) is 0 Å². The van der Waals surface area contributed by atoms with Gasteiger partial charge in [0.25, 0.3) is 0 Å². The van der Waals surface area contributed by atoms with E-state index < -0.39 is 11.9 Å². The molecule has 0 spiro atoms. The summed E-state index contributed by atoms with van der Waals surface area (Å²) >= 11 is 0. The van der Waals surface area contributed by atoms with Crippen molar-refractivity contribution in [1.82, 2.24) is 0 Å². The van der Waals surface area contributed by atoms with Gasteiger partial charge in [0.15, 0.2) is 0 Å². The van der Waals surface area contributed by atoms with Crippen molar-refractivity contribution >= 4 is 24.3 Å². The van der Waals surface area contributed by atoms with Crippen LogP contribution in [0, 0.1) is 0 Å². The minimum atomic E-state index is -0.692. The number of halogens is 1. The molecule has 0 saturated carbocycles. The zero-order valence-electron chi connectivity index (χ0n) is 12.3. The first-order valence-electron chi connectivity index (χ1n) is 7.56. The summed E-state index contributed by atoms with van der Waals surface area (Å²) in [7, 11) is 0. The van der Waals surface area contributed by atoms with E-state index in [4.69, 9.17) is 10.2 Å². The molecule has 2 N–H and O–H groups in total. The molecule has 0 saturated heterocycles. The molecule has 0 heterocycles. The summed E-state index contributed by atoms with van der Waals surface area (Å²) < 4.78 is 0. The third kappa shape index (κ3) is 19.6. The molecule has 0 amide bonds. The average Bonchev–Trinajstić information content (AvgIpc) is 2.34. The lowest BCUT2D eigenvalue weighted by atomic mass is 10.0. The molecule has 0 unspecified atom stereocenters. The maximum Gasteiger partial charge on any atom is 0.303 e. The average molecular weight is 309 g/mol. The van der Waals surface area contributed by atoms with E-state index in [-0.39, 0.29) is 12.4 Å². The van der Waals surface area contributed by atoms with Crippen molar-refractivity contribution in [3.05, 3.63) is 0 Å². The number of hydrogen-bond donors (Lipinski definition) is 2. The van der Waals surface area contributed by atoms with Crippen molar-refractivity contribution in [1.29, 1.82) is 0 Å². The maximum absolute atomic E-state index is 10.3. The molecule has 0 rings (SSSR count). The summed E-state index contributed by atoms with van der Waals surface area (Å²) in [6.45, 7) is 0. The van der Waals surface area contributed by atoms with Crippen LogP contribution in [0.2, 0.25) is 0 Å². The molecular weight excluding hydrogens is 280 g/mol. The topological polar surface area (TPSA) is 74.6 Å². The lowest BCUT2D eigenvalue weighted by Crippen LogP contribution is -1.93. The smallest absolute Gasteiger partial charge is 0.303 e. The lowest BCUT2D eigenvalue weighted by molar-refractivity contribution is -0.138. The summed E-state index contributed by atoms with van der Waals surface area (Å²) in [6.07, 6.45) is 12.7. The second-order valence-corrected chi connectivity index (χ2v) is 5.18. The Kier molecular flexibility index (Phi) is 17.5. The first-order valence-corrected chi connectivity index (χ1v) is 7.56. The molecule has 0 atom stereocenters. The van der Waals surface area contributed by atoms with Crippen LogP contribution >= 0.6 is 12.4 Å². The molecular formula is C15H29ClO4. The van der Waals surface area contributed by atoms with Crippen molar-refractivity contribution in [2.75, 3.05) is 0 Å². The lowest BCUT2D eigenvalue weighted by Gasteiger charge is -2.02. The van der Waals surface area contributed by atoms with Gasteiger partial charge in [-0.1, -0.05) is 57.8 Å². The Morgan fingerprint density at radius 1 is 0.500 bits per heavy atom. The summed E-state index contributed by atoms with van der Waals surface area (Å²) in [5.41, 5.74) is 0. The van der Waals surface area contributed by atoms with Crippen LogP contribution in [0.1, 0.15) is 83.5 Å². The molecule has 120 valence electrons. The highest BCUT2D eigenvalue weighted by Gasteiger charge is 1.98. The van der Waals surface area contributed by atoms with Gasteiger partial charge in [-0.05, 0) is 12.8 Å². The van der Waals surface area contributed by atoms with Crippen molar-refractivity contribution < 1.29 is 19.8 Å². The molecule has 0 aromatic carbocycles. The standard InChI is InChI=1S/C15H28O4.ClH/c16-14(17)12-10-8-6-4-2-1-3-5-7-9-11-13-15(18)19;/h1-13H2,(H,16,17)(H,18,19);1H. The van der Waals surface area contributed by atoms with Crippen LogP contribution in [0.5, 0.6) is 0 Å². The van der Waals surface area contributed by atoms with E-state index in [0.29, 0.717) is 12.8 Å². The fourth-order valence-corrected chi connectivity index (χ4v) is 2.14. The van der Waals surface area contributed by atoms with E-state index in [1.54, 1.807) is 0 Å². The van der Waals surface area contributed by atoms with Crippen molar-refractivity contribution in [2.45, 2.75) is 83.5 Å². The fourth-order valence-electron chi connectivity index (χ4n) is 2.14. The second kappa shape index (κ2) is 16.3. The summed E-state index contributed by atoms with van der Waals surface area (Å²) in [5, 5.41) is 16.9. The highest BCUT2D eigenvalue weighted by molar-refractivity contribution is 5.85. The molecule has 0 aliphatic heterocycles. The first-order chi connectivity index (χ1) is 9.13. The Morgan fingerprint density at radius 3 is 0.900 bits per heavy atom. The minimum Gasteiger partial charge on any atom is -0.481 e. The van der Waals surface area contributed by atoms with E-state index >= 15 is 0 Å². The highest BCUT2D eigenvalue weighted by Crippen LogP contribution is 2.12. The molecule has 0 aliphatic rings. The quantitative estimate of drug-likeness (QED) is 0.458. The van der Waals surface area contributed by atoms with Gasteiger partial charge in [-0.3, -0.25) is 9.59 Å². The van der Waals surface area contributed by atoms with E-state index in [1.165, 1.54) is 32.1 Å². The van der Waals surface area contributed by atoms with Crippen molar-refractivity contribution in [3.63, 3.8) is 0 Å². The second-order valence-electron chi connectivity index (χ2n) is 5.18. The number of hydrogen-bond acceptors (Lipinski definition) is 2. The predicted octanol–water partition coefficient (Wildman–Crippen LogP) is 4.65. The monoisotopic (exact) mass is 308 g/mol. The van der Waals surface area contributed by atoms with E-state index in [0.717, 1.165) is 38.5 Å². The Balaban J connectivity index is 0. The largest absolute Gasteiger partial charge is 0.481 e. The molecule has 0 aromatic heterocycles. The molecule has 20 heavy (non-hydrogen) atoms. The van der Waals surface area contributed by atoms with Crippen molar-refractivity contribution in [2.24, 2.45) is 0 Å². The molecule has 0 radical (unpaired) electrons. The van der Waals surface area contributed by atoms with E-state index in [9.17, 15) is 9.59 Å². The van der Waals surface area contributed by atoms with Gasteiger partial charge in [0.1, 0.15) is 0 Å². The number of carbonyl (C=O) groups is 2. The number of rotatable bonds is 14. The van der Waals surface area contributed by atoms with E-state index in [2.05, 4.69) is 0 Å². The SMILES string of the molecule is Cl.O=C(O)CCCCCCCCCCCCCC(=O)O. The first kappa shape index (κ1) is 21.5. The molecule has 0 fully saturated rings. The molecule has 4 nitrogen and oxygen atoms in total. The summed E-state index contributed by atoms with van der Waals surface area (Å²) in [5.74, 6) is -1.38. The zero-order valence-corrected chi connectivity index (χ0v) is 13.1. The number of unbranched alkanes of at least 4 members (excludes halogenated alkanes) is 10. The molecule has 5 heteroatoms. The molecule has 0 bridgehead atoms. The van der Waals surface area contributed by atoms with Crippen LogP contribution in [0.15, 0.2) is 0 Å². The van der Waals surface area contributed by atoms with Crippen LogP contribution in [-0.2, 0) is 9.59 Å². The molecule has 0 aromatic rings. The van der Waals surface area contributed by atoms with E-state index in [1.807, 2.05) is 0 Å². The zero-order chi connectivity index (χ0) is 14.3. The van der Waals surface area contributed by atoms with Gasteiger partial charge in [0.05, 0.1) is 0 Å². The van der Waals surface area contributed by atoms with Crippen LogP contribution in [-0.4, -0.2) is 22.2 Å². The Bertz CT molecular complexity index is 220. The van der Waals surface area contributed by atoms with Gasteiger partial charge >= 0.3 is 11.9 Å². The maximum atomic E-state index is 10.3. The Labute approximate surface area is 128 Å². The van der Waals surface area contributed by atoms with Crippen LogP contribution in [0.3, 0.4) is 0 Å². The van der Waals surface area contributed by atoms with Gasteiger partial charge in [-0.2, -0.15) is 0 Å². The van der Waals surface area contributed by atoms with Crippen molar-refractivity contribution in [3.8, 4) is 0 Å². The van der Waals surface area contributed by atoms with Gasteiger partial charge < -0.3 is 10.2 Å². The van der Waals surface area contributed by atoms with Gasteiger partial charge in [-0.25, -0.2) is 0 Å². The van der Waals surface area contributed by atoms with Crippen LogP contribution in [0.4, 0.5) is 0 Å². The number of carboxylic acids is 2. The fraction of sp³-hybridized carbons (Fsp3) is 0.867. The summed E-state index contributed by atoms with van der Waals surface area (Å²) in [4.78, 5) is 20.6. The predicted molar refractivity (Wildman–Crippen MR) is 82.5 cm³/mol. The van der Waals surface area contributed by atoms with Gasteiger partial charge in [-0.15, -0.1) is 12.4 Å².